The van der Waals surface area contributed by atoms with E-state index in [0.717, 1.165) is 5.56 Å². The third-order valence-corrected chi connectivity index (χ3v) is 4.10. The Bertz CT molecular complexity index is 537. The number of sulfonamides is 1. The van der Waals surface area contributed by atoms with Gasteiger partial charge in [-0.2, -0.15) is 0 Å². The zero-order valence-electron chi connectivity index (χ0n) is 10.4. The number of carbonyl (C=O) groups is 1. The summed E-state index contributed by atoms with van der Waals surface area (Å²) in [5.74, 6) is -0.930. The standard InChI is InChI=1S/C12H17NO4S/c1-9-5-6-11(10(2)8-9)18(16,17)13-7-3-4-12(14)15/h5-6,8,13H,3-4,7H2,1-2H3,(H,14,15). The van der Waals surface area contributed by atoms with Gasteiger partial charge in [0.15, 0.2) is 0 Å². The molecule has 0 radical (unpaired) electrons. The van der Waals surface area contributed by atoms with E-state index in [4.69, 9.17) is 5.11 Å². The Morgan fingerprint density at radius 2 is 2.00 bits per heavy atom. The Kier molecular flexibility index (Phi) is 4.86. The van der Waals surface area contributed by atoms with Crippen molar-refractivity contribution in [2.24, 2.45) is 0 Å². The van der Waals surface area contributed by atoms with Crippen LogP contribution >= 0.6 is 0 Å². The summed E-state index contributed by atoms with van der Waals surface area (Å²) in [6.45, 7) is 3.75. The highest BCUT2D eigenvalue weighted by molar-refractivity contribution is 7.89. The topological polar surface area (TPSA) is 83.5 Å². The number of carboxylic acid groups (broad SMARTS) is 1. The number of benzene rings is 1. The lowest BCUT2D eigenvalue weighted by Crippen LogP contribution is -2.25. The van der Waals surface area contributed by atoms with E-state index in [2.05, 4.69) is 4.72 Å². The molecule has 0 aliphatic heterocycles. The quantitative estimate of drug-likeness (QED) is 0.767. The van der Waals surface area contributed by atoms with Crippen molar-refractivity contribution in [2.45, 2.75) is 31.6 Å². The minimum atomic E-state index is -3.55. The van der Waals surface area contributed by atoms with Crippen LogP contribution in [-0.2, 0) is 14.8 Å². The number of carboxylic acids is 1. The number of aryl methyl sites for hydroxylation is 2. The predicted octanol–water partition coefficient (Wildman–Crippen LogP) is 1.45. The van der Waals surface area contributed by atoms with Gasteiger partial charge in [-0.1, -0.05) is 17.7 Å². The van der Waals surface area contributed by atoms with Gasteiger partial charge in [0.25, 0.3) is 0 Å². The molecule has 100 valence electrons. The smallest absolute Gasteiger partial charge is 0.303 e. The molecule has 0 atom stereocenters. The normalized spacial score (nSPS) is 11.4. The molecule has 0 bridgehead atoms. The summed E-state index contributed by atoms with van der Waals surface area (Å²) >= 11 is 0. The van der Waals surface area contributed by atoms with Crippen LogP contribution < -0.4 is 4.72 Å². The van der Waals surface area contributed by atoms with E-state index in [1.165, 1.54) is 0 Å². The lowest BCUT2D eigenvalue weighted by Gasteiger charge is -2.09. The monoisotopic (exact) mass is 271 g/mol. The molecule has 6 heteroatoms. The largest absolute Gasteiger partial charge is 0.481 e. The zero-order valence-corrected chi connectivity index (χ0v) is 11.3. The first-order valence-electron chi connectivity index (χ1n) is 5.61. The van der Waals surface area contributed by atoms with E-state index in [1.807, 2.05) is 6.92 Å². The summed E-state index contributed by atoms with van der Waals surface area (Å²) < 4.78 is 26.3. The maximum absolute atomic E-state index is 12.0. The highest BCUT2D eigenvalue weighted by Gasteiger charge is 2.15. The van der Waals surface area contributed by atoms with Crippen molar-refractivity contribution in [2.75, 3.05) is 6.54 Å². The van der Waals surface area contributed by atoms with Gasteiger partial charge in [0.05, 0.1) is 4.90 Å². The first kappa shape index (κ1) is 14.7. The maximum Gasteiger partial charge on any atom is 0.303 e. The van der Waals surface area contributed by atoms with E-state index in [9.17, 15) is 13.2 Å². The van der Waals surface area contributed by atoms with Crippen molar-refractivity contribution in [3.63, 3.8) is 0 Å². The molecule has 1 aromatic carbocycles. The minimum Gasteiger partial charge on any atom is -0.481 e. The fourth-order valence-electron chi connectivity index (χ4n) is 1.62. The van der Waals surface area contributed by atoms with E-state index in [0.29, 0.717) is 5.56 Å². The second kappa shape index (κ2) is 5.97. The Balaban J connectivity index is 2.71. The first-order valence-corrected chi connectivity index (χ1v) is 7.10. The third-order valence-electron chi connectivity index (χ3n) is 2.48. The van der Waals surface area contributed by atoms with Gasteiger partial charge in [-0.05, 0) is 31.9 Å². The van der Waals surface area contributed by atoms with E-state index >= 15 is 0 Å². The summed E-state index contributed by atoms with van der Waals surface area (Å²) in [5, 5.41) is 8.46. The van der Waals surface area contributed by atoms with Crippen LogP contribution in [-0.4, -0.2) is 26.0 Å². The van der Waals surface area contributed by atoms with Crippen LogP contribution in [0.25, 0.3) is 0 Å². The summed E-state index contributed by atoms with van der Waals surface area (Å²) in [5.41, 5.74) is 1.68. The molecule has 1 aromatic rings. The molecule has 0 aromatic heterocycles. The molecule has 0 aliphatic carbocycles. The van der Waals surface area contributed by atoms with Crippen LogP contribution in [0.5, 0.6) is 0 Å². The second-order valence-electron chi connectivity index (χ2n) is 4.16. The molecule has 0 fully saturated rings. The average Bonchev–Trinajstić information content (AvgIpc) is 2.23. The predicted molar refractivity (Wildman–Crippen MR) is 68.0 cm³/mol. The van der Waals surface area contributed by atoms with Crippen molar-refractivity contribution < 1.29 is 18.3 Å². The molecule has 0 heterocycles. The zero-order chi connectivity index (χ0) is 13.8. The van der Waals surface area contributed by atoms with Gasteiger partial charge in [-0.25, -0.2) is 13.1 Å². The molecule has 0 aliphatic rings. The summed E-state index contributed by atoms with van der Waals surface area (Å²) in [7, 11) is -3.55. The highest BCUT2D eigenvalue weighted by Crippen LogP contribution is 2.16. The third kappa shape index (κ3) is 4.12. The number of nitrogens with one attached hydrogen (secondary N) is 1. The number of aliphatic carboxylic acids is 1. The Morgan fingerprint density at radius 3 is 2.56 bits per heavy atom. The fourth-order valence-corrected chi connectivity index (χ4v) is 2.92. The molecule has 1 rings (SSSR count). The average molecular weight is 271 g/mol. The van der Waals surface area contributed by atoms with Gasteiger partial charge in [0, 0.05) is 13.0 Å². The van der Waals surface area contributed by atoms with Crippen LogP contribution in [0.2, 0.25) is 0 Å². The van der Waals surface area contributed by atoms with Gasteiger partial charge in [-0.3, -0.25) is 4.79 Å². The Hall–Kier alpha value is -1.40. The van der Waals surface area contributed by atoms with Crippen LogP contribution in [0.3, 0.4) is 0 Å². The first-order chi connectivity index (χ1) is 8.33. The van der Waals surface area contributed by atoms with E-state index in [-0.39, 0.29) is 24.3 Å². The summed E-state index contributed by atoms with van der Waals surface area (Å²) in [6.07, 6.45) is 0.231. The van der Waals surface area contributed by atoms with E-state index in [1.54, 1.807) is 25.1 Å². The lowest BCUT2D eigenvalue weighted by molar-refractivity contribution is -0.137. The SMILES string of the molecule is Cc1ccc(S(=O)(=O)NCCCC(=O)O)c(C)c1. The van der Waals surface area contributed by atoms with Crippen LogP contribution in [0.4, 0.5) is 0 Å². The Labute approximate surface area is 107 Å². The van der Waals surface area contributed by atoms with Gasteiger partial charge in [0.2, 0.25) is 10.0 Å². The van der Waals surface area contributed by atoms with Crippen molar-refractivity contribution in [1.29, 1.82) is 0 Å². The van der Waals surface area contributed by atoms with Crippen LogP contribution in [0.15, 0.2) is 23.1 Å². The van der Waals surface area contributed by atoms with Gasteiger partial charge in [-0.15, -0.1) is 0 Å². The van der Waals surface area contributed by atoms with Crippen LogP contribution in [0, 0.1) is 13.8 Å². The molecule has 0 unspecified atom stereocenters. The van der Waals surface area contributed by atoms with Crippen molar-refractivity contribution >= 4 is 16.0 Å². The Morgan fingerprint density at radius 1 is 1.33 bits per heavy atom. The summed E-state index contributed by atoms with van der Waals surface area (Å²) in [4.78, 5) is 10.5. The maximum atomic E-state index is 12.0. The molecule has 5 nitrogen and oxygen atoms in total. The van der Waals surface area contributed by atoms with Crippen molar-refractivity contribution in [3.8, 4) is 0 Å². The number of hydrogen-bond acceptors (Lipinski definition) is 3. The second-order valence-corrected chi connectivity index (χ2v) is 5.90. The number of hydrogen-bond donors (Lipinski definition) is 2. The molecule has 18 heavy (non-hydrogen) atoms. The van der Waals surface area contributed by atoms with Gasteiger partial charge < -0.3 is 5.11 Å². The minimum absolute atomic E-state index is 0.0462. The fraction of sp³-hybridized carbons (Fsp3) is 0.417. The lowest BCUT2D eigenvalue weighted by atomic mass is 10.2. The van der Waals surface area contributed by atoms with Crippen LogP contribution in [0.1, 0.15) is 24.0 Å². The van der Waals surface area contributed by atoms with E-state index < -0.39 is 16.0 Å². The van der Waals surface area contributed by atoms with Crippen molar-refractivity contribution in [1.82, 2.24) is 4.72 Å². The molecular formula is C12H17NO4S. The van der Waals surface area contributed by atoms with Gasteiger partial charge >= 0.3 is 5.97 Å². The van der Waals surface area contributed by atoms with Gasteiger partial charge in [0.1, 0.15) is 0 Å². The molecule has 0 amide bonds. The molecule has 0 spiro atoms. The molecular weight excluding hydrogens is 254 g/mol. The highest BCUT2D eigenvalue weighted by atomic mass is 32.2. The molecule has 2 N–H and O–H groups in total. The molecule has 0 saturated heterocycles. The number of rotatable bonds is 6. The van der Waals surface area contributed by atoms with Crippen molar-refractivity contribution in [3.05, 3.63) is 29.3 Å². The summed E-state index contributed by atoms with van der Waals surface area (Å²) in [6, 6.07) is 5.09. The molecule has 0 saturated carbocycles.